The van der Waals surface area contributed by atoms with Crippen LogP contribution in [0, 0.1) is 56.3 Å². The molecule has 8 bridgehead atoms. The van der Waals surface area contributed by atoms with Crippen molar-refractivity contribution in [3.63, 3.8) is 0 Å². The third-order valence-electron chi connectivity index (χ3n) is 14.8. The molecule has 8 aliphatic rings. The van der Waals surface area contributed by atoms with Crippen molar-refractivity contribution < 1.29 is 14.2 Å². The third kappa shape index (κ3) is 5.65. The minimum atomic E-state index is 0.0371. The predicted octanol–water partition coefficient (Wildman–Crippen LogP) is 11.7. The number of nitrogens with two attached hydrogens (primary N) is 3. The Morgan fingerprint density at radius 3 is 0.981 bits per heavy atom. The second kappa shape index (κ2) is 12.1. The molecule has 53 heavy (non-hydrogen) atoms. The van der Waals surface area contributed by atoms with Crippen LogP contribution >= 0.6 is 0 Å². The van der Waals surface area contributed by atoms with Gasteiger partial charge in [-0.15, -0.1) is 0 Å². The second-order valence-electron chi connectivity index (χ2n) is 18.7. The number of hydrogen-bond acceptors (Lipinski definition) is 6. The summed E-state index contributed by atoms with van der Waals surface area (Å²) in [6.45, 7) is 6.13. The molecule has 12 rings (SSSR count). The van der Waals surface area contributed by atoms with Gasteiger partial charge in [0.15, 0.2) is 11.5 Å². The molecule has 0 heterocycles. The molecule has 276 valence electrons. The highest BCUT2D eigenvalue weighted by Crippen LogP contribution is 2.68. The highest BCUT2D eigenvalue weighted by atomic mass is 16.5. The Bertz CT molecular complexity index is 1930. The van der Waals surface area contributed by atoms with Crippen molar-refractivity contribution in [3.8, 4) is 34.5 Å². The lowest BCUT2D eigenvalue weighted by atomic mass is 9.46. The van der Waals surface area contributed by atoms with E-state index in [0.29, 0.717) is 5.75 Å². The van der Waals surface area contributed by atoms with Crippen LogP contribution in [0.3, 0.4) is 0 Å². The zero-order chi connectivity index (χ0) is 36.2. The van der Waals surface area contributed by atoms with Gasteiger partial charge in [-0.3, -0.25) is 0 Å². The Morgan fingerprint density at radius 1 is 0.415 bits per heavy atom. The van der Waals surface area contributed by atoms with Gasteiger partial charge in [0.2, 0.25) is 5.75 Å². The number of rotatable bonds is 8. The van der Waals surface area contributed by atoms with Crippen molar-refractivity contribution in [2.24, 2.45) is 35.5 Å². The molecule has 0 aromatic heterocycles. The fraction of sp³-hybridized carbons (Fsp3) is 0.489. The quantitative estimate of drug-likeness (QED) is 0.157. The van der Waals surface area contributed by atoms with E-state index in [9.17, 15) is 0 Å². The maximum absolute atomic E-state index is 7.28. The Balaban J connectivity index is 1.26. The number of anilines is 3. The Labute approximate surface area is 314 Å². The summed E-state index contributed by atoms with van der Waals surface area (Å²) in [5, 5.41) is 0. The maximum atomic E-state index is 7.28. The van der Waals surface area contributed by atoms with Gasteiger partial charge in [-0.25, -0.2) is 0 Å². The monoisotopic (exact) mass is 709 g/mol. The predicted molar refractivity (Wildman–Crippen MR) is 213 cm³/mol. The summed E-state index contributed by atoms with van der Waals surface area (Å²) < 4.78 is 21.8. The maximum Gasteiger partial charge on any atom is 0.212 e. The Hall–Kier alpha value is -4.32. The lowest BCUT2D eigenvalue weighted by molar-refractivity contribution is -0.00959. The molecule has 4 aromatic carbocycles. The van der Waals surface area contributed by atoms with Crippen molar-refractivity contribution in [1.29, 1.82) is 0 Å². The molecule has 0 amide bonds. The normalized spacial score (nSPS) is 31.9. The summed E-state index contributed by atoms with van der Waals surface area (Å²) in [6, 6.07) is 20.6. The van der Waals surface area contributed by atoms with Gasteiger partial charge in [-0.1, -0.05) is 0 Å². The van der Waals surface area contributed by atoms with Gasteiger partial charge < -0.3 is 31.4 Å². The zero-order valence-corrected chi connectivity index (χ0v) is 31.7. The minimum Gasteiger partial charge on any atom is -0.453 e. The van der Waals surface area contributed by atoms with Crippen molar-refractivity contribution in [2.75, 3.05) is 17.2 Å². The van der Waals surface area contributed by atoms with Gasteiger partial charge in [0.05, 0.1) is 0 Å². The van der Waals surface area contributed by atoms with Crippen molar-refractivity contribution in [2.45, 2.75) is 109 Å². The number of hydrogen-bond donors (Lipinski definition) is 3. The average Bonchev–Trinajstić information content (AvgIpc) is 3.09. The number of aryl methyl sites for hydroxylation is 3. The third-order valence-corrected chi connectivity index (χ3v) is 14.8. The molecule has 6 nitrogen and oxygen atoms in total. The van der Waals surface area contributed by atoms with Crippen LogP contribution in [0.5, 0.6) is 34.5 Å². The van der Waals surface area contributed by atoms with Gasteiger partial charge >= 0.3 is 0 Å². The molecule has 0 aliphatic heterocycles. The molecule has 0 spiro atoms. The molecule has 0 atom stereocenters. The van der Waals surface area contributed by atoms with Gasteiger partial charge in [0, 0.05) is 28.2 Å². The van der Waals surface area contributed by atoms with E-state index in [-0.39, 0.29) is 10.8 Å². The van der Waals surface area contributed by atoms with Crippen LogP contribution in [0.25, 0.3) is 0 Å². The average molecular weight is 710 g/mol. The van der Waals surface area contributed by atoms with E-state index in [4.69, 9.17) is 31.4 Å². The molecular formula is C47H55N3O3. The standard InChI is InChI=1S/C47H55N3O3/c1-26-10-35(4-7-40(26)48)51-43-38(46-20-29-13-30(21-46)15-31(14-29)22-46)19-39(47-23-32-16-33(24-47)18-34(17-32)25-47)44(52-36-5-8-41(49)27(2)11-36)45(43)53-37-6-9-42(50)28(3)12-37/h4-12,19,29-34H,13-18,20-25,48-50H2,1-3H3. The molecule has 6 N–H and O–H groups in total. The van der Waals surface area contributed by atoms with E-state index in [1.165, 1.54) is 88.2 Å². The van der Waals surface area contributed by atoms with Crippen LogP contribution < -0.4 is 31.4 Å². The lowest BCUT2D eigenvalue weighted by Crippen LogP contribution is -2.50. The van der Waals surface area contributed by atoms with Crippen molar-refractivity contribution in [1.82, 2.24) is 0 Å². The molecular weight excluding hydrogens is 655 g/mol. The zero-order valence-electron chi connectivity index (χ0n) is 31.7. The molecule has 8 fully saturated rings. The molecule has 8 aliphatic carbocycles. The highest BCUT2D eigenvalue weighted by Gasteiger charge is 2.56. The van der Waals surface area contributed by atoms with E-state index in [1.54, 1.807) is 0 Å². The molecule has 6 heteroatoms. The van der Waals surface area contributed by atoms with Crippen molar-refractivity contribution in [3.05, 3.63) is 88.5 Å². The lowest BCUT2D eigenvalue weighted by Gasteiger charge is -2.59. The largest absolute Gasteiger partial charge is 0.453 e. The van der Waals surface area contributed by atoms with Gasteiger partial charge in [-0.2, -0.15) is 0 Å². The van der Waals surface area contributed by atoms with Gasteiger partial charge in [0.25, 0.3) is 0 Å². The van der Waals surface area contributed by atoms with E-state index in [0.717, 1.165) is 98.0 Å². The van der Waals surface area contributed by atoms with Crippen LogP contribution in [0.4, 0.5) is 17.1 Å². The molecule has 0 saturated heterocycles. The molecule has 4 aromatic rings. The molecule has 0 radical (unpaired) electrons. The van der Waals surface area contributed by atoms with E-state index in [2.05, 4.69) is 18.2 Å². The van der Waals surface area contributed by atoms with E-state index in [1.807, 2.05) is 63.2 Å². The fourth-order valence-electron chi connectivity index (χ4n) is 13.1. The summed E-state index contributed by atoms with van der Waals surface area (Å²) in [5.74, 6) is 9.15. The Kier molecular flexibility index (Phi) is 7.59. The molecule has 8 saturated carbocycles. The summed E-state index contributed by atoms with van der Waals surface area (Å²) in [4.78, 5) is 0. The van der Waals surface area contributed by atoms with Crippen LogP contribution in [-0.4, -0.2) is 0 Å². The van der Waals surface area contributed by atoms with E-state index < -0.39 is 0 Å². The van der Waals surface area contributed by atoms with Crippen molar-refractivity contribution >= 4 is 17.1 Å². The topological polar surface area (TPSA) is 106 Å². The summed E-state index contributed by atoms with van der Waals surface area (Å²) in [6.07, 6.45) is 15.6. The second-order valence-corrected chi connectivity index (χ2v) is 18.7. The first kappa shape index (κ1) is 33.3. The van der Waals surface area contributed by atoms with Gasteiger partial charge in [-0.05, 0) is 222 Å². The Morgan fingerprint density at radius 2 is 0.698 bits per heavy atom. The van der Waals surface area contributed by atoms with Crippen LogP contribution in [0.1, 0.15) is 105 Å². The summed E-state index contributed by atoms with van der Waals surface area (Å²) in [7, 11) is 0. The summed E-state index contributed by atoms with van der Waals surface area (Å²) >= 11 is 0. The number of ether oxygens (including phenoxy) is 3. The SMILES string of the molecule is Cc1cc(Oc2c(C34CC5CC(CC(C5)C3)C4)cc(C34CC5CC(CC(C5)C3)C4)c(Oc3ccc(N)c(C)c3)c2Oc2ccc(N)c(C)c2)ccc1N. The smallest absolute Gasteiger partial charge is 0.212 e. The van der Waals surface area contributed by atoms with Gasteiger partial charge in [0.1, 0.15) is 17.2 Å². The summed E-state index contributed by atoms with van der Waals surface area (Å²) in [5.41, 5.74) is 27.0. The number of benzene rings is 4. The molecule has 0 unspecified atom stereocenters. The van der Waals surface area contributed by atoms with Crippen LogP contribution in [-0.2, 0) is 10.8 Å². The first-order valence-electron chi connectivity index (χ1n) is 20.4. The fourth-order valence-corrected chi connectivity index (χ4v) is 13.1. The van der Waals surface area contributed by atoms with Crippen LogP contribution in [0.15, 0.2) is 60.7 Å². The first-order valence-corrected chi connectivity index (χ1v) is 20.4. The van der Waals surface area contributed by atoms with E-state index >= 15 is 0 Å². The first-order chi connectivity index (χ1) is 25.5. The minimum absolute atomic E-state index is 0.0371. The number of nitrogen functional groups attached to an aromatic ring is 3. The van der Waals surface area contributed by atoms with Crippen LogP contribution in [0.2, 0.25) is 0 Å². The highest BCUT2D eigenvalue weighted by molar-refractivity contribution is 5.68.